The topological polar surface area (TPSA) is 115 Å². The highest BCUT2D eigenvalue weighted by Crippen LogP contribution is 2.46. The Bertz CT molecular complexity index is 724. The van der Waals surface area contributed by atoms with Gasteiger partial charge in [-0.15, -0.1) is 0 Å². The van der Waals surface area contributed by atoms with Gasteiger partial charge in [0, 0.05) is 24.5 Å². The molecule has 1 aromatic carbocycles. The van der Waals surface area contributed by atoms with Crippen LogP contribution in [0.5, 0.6) is 0 Å². The molecule has 0 saturated heterocycles. The number of nitro groups is 1. The maximum absolute atomic E-state index is 12.4. The first-order chi connectivity index (χ1) is 11.1. The van der Waals surface area contributed by atoms with Gasteiger partial charge in [0.2, 0.25) is 0 Å². The summed E-state index contributed by atoms with van der Waals surface area (Å²) in [5, 5.41) is 21.6. The summed E-state index contributed by atoms with van der Waals surface area (Å²) in [7, 11) is 0. The van der Waals surface area contributed by atoms with Crippen LogP contribution in [-0.2, 0) is 14.4 Å². The number of ketones is 3. The number of hydrogen-bond acceptors (Lipinski definition) is 6. The van der Waals surface area contributed by atoms with Crippen molar-refractivity contribution in [2.75, 3.05) is 0 Å². The summed E-state index contributed by atoms with van der Waals surface area (Å²) in [6.07, 6.45) is -0.299. The number of hydrogen-bond donors (Lipinski definition) is 1. The van der Waals surface area contributed by atoms with Crippen LogP contribution in [-0.4, -0.2) is 33.0 Å². The molecule has 0 bridgehead atoms. The quantitative estimate of drug-likeness (QED) is 0.510. The van der Waals surface area contributed by atoms with Gasteiger partial charge in [-0.2, -0.15) is 0 Å². The molecule has 1 fully saturated rings. The van der Waals surface area contributed by atoms with Gasteiger partial charge in [0.1, 0.15) is 17.3 Å². The molecule has 0 aromatic heterocycles. The summed E-state index contributed by atoms with van der Waals surface area (Å²) in [5.41, 5.74) is -1.47. The zero-order valence-corrected chi connectivity index (χ0v) is 13.7. The Kier molecular flexibility index (Phi) is 4.66. The average molecular weight is 333 g/mol. The SMILES string of the molecule is CC(=O)[C@H]1C(=O)C[C@](C)(O)[C@@H](C(C)=O)[C@@H]1c1cccc([N+](=O)[O-])c1. The minimum atomic E-state index is -1.61. The van der Waals surface area contributed by atoms with Crippen LogP contribution in [0.3, 0.4) is 0 Å². The first kappa shape index (κ1) is 17.9. The van der Waals surface area contributed by atoms with Crippen LogP contribution < -0.4 is 0 Å². The molecule has 0 spiro atoms. The van der Waals surface area contributed by atoms with E-state index in [0.29, 0.717) is 5.56 Å². The summed E-state index contributed by atoms with van der Waals surface area (Å²) in [5.74, 6) is -4.25. The van der Waals surface area contributed by atoms with Crippen LogP contribution in [0.4, 0.5) is 5.69 Å². The summed E-state index contributed by atoms with van der Waals surface area (Å²) >= 11 is 0. The van der Waals surface area contributed by atoms with Crippen molar-refractivity contribution in [2.45, 2.75) is 38.7 Å². The zero-order chi connectivity index (χ0) is 18.2. The predicted octanol–water partition coefficient (Wildman–Crippen LogP) is 1.81. The van der Waals surface area contributed by atoms with Gasteiger partial charge in [-0.1, -0.05) is 12.1 Å². The van der Waals surface area contributed by atoms with E-state index in [9.17, 15) is 29.6 Å². The number of non-ortho nitro benzene ring substituents is 1. The molecular formula is C17H19NO6. The van der Waals surface area contributed by atoms with E-state index in [2.05, 4.69) is 0 Å². The van der Waals surface area contributed by atoms with E-state index in [4.69, 9.17) is 0 Å². The lowest BCUT2D eigenvalue weighted by Gasteiger charge is -2.44. The van der Waals surface area contributed by atoms with Crippen LogP contribution in [0, 0.1) is 22.0 Å². The van der Waals surface area contributed by atoms with Crippen molar-refractivity contribution in [3.8, 4) is 0 Å². The van der Waals surface area contributed by atoms with Crippen molar-refractivity contribution in [3.63, 3.8) is 0 Å². The van der Waals surface area contributed by atoms with Gasteiger partial charge in [-0.05, 0) is 26.3 Å². The summed E-state index contributed by atoms with van der Waals surface area (Å²) < 4.78 is 0. The van der Waals surface area contributed by atoms with Crippen LogP contribution in [0.1, 0.15) is 38.7 Å². The van der Waals surface area contributed by atoms with Crippen molar-refractivity contribution in [2.24, 2.45) is 11.8 Å². The summed E-state index contributed by atoms with van der Waals surface area (Å²) in [6.45, 7) is 3.93. The summed E-state index contributed by atoms with van der Waals surface area (Å²) in [6, 6.07) is 5.52. The number of nitrogens with zero attached hydrogens (tertiary/aromatic N) is 1. The van der Waals surface area contributed by atoms with E-state index in [0.717, 1.165) is 0 Å². The van der Waals surface area contributed by atoms with Crippen molar-refractivity contribution in [1.29, 1.82) is 0 Å². The normalized spacial score (nSPS) is 30.0. The standard InChI is InChI=1S/C17H19NO6/c1-9(19)14-13(21)8-17(3,22)16(10(2)20)15(14)11-5-4-6-12(7-11)18(23)24/h4-7,14-16,22H,8H2,1-3H3/t14-,15+,16-,17-/m0/s1. The Morgan fingerprint density at radius 1 is 1.29 bits per heavy atom. The van der Waals surface area contributed by atoms with E-state index in [1.165, 1.54) is 45.0 Å². The molecule has 1 aliphatic carbocycles. The van der Waals surface area contributed by atoms with E-state index < -0.39 is 39.8 Å². The maximum Gasteiger partial charge on any atom is 0.269 e. The lowest BCUT2D eigenvalue weighted by molar-refractivity contribution is -0.385. The minimum Gasteiger partial charge on any atom is -0.389 e. The molecular weight excluding hydrogens is 314 g/mol. The van der Waals surface area contributed by atoms with E-state index in [-0.39, 0.29) is 17.9 Å². The molecule has 1 N–H and O–H groups in total. The summed E-state index contributed by atoms with van der Waals surface area (Å²) in [4.78, 5) is 47.0. The third kappa shape index (κ3) is 3.12. The van der Waals surface area contributed by atoms with E-state index >= 15 is 0 Å². The molecule has 1 aromatic rings. The highest BCUT2D eigenvalue weighted by molar-refractivity contribution is 6.05. The molecule has 24 heavy (non-hydrogen) atoms. The van der Waals surface area contributed by atoms with Crippen molar-refractivity contribution in [3.05, 3.63) is 39.9 Å². The number of carbonyl (C=O) groups is 3. The van der Waals surface area contributed by atoms with E-state index in [1.54, 1.807) is 0 Å². The fraction of sp³-hybridized carbons (Fsp3) is 0.471. The van der Waals surface area contributed by atoms with Crippen LogP contribution in [0.2, 0.25) is 0 Å². The fourth-order valence-corrected chi connectivity index (χ4v) is 3.75. The second kappa shape index (κ2) is 6.24. The molecule has 0 heterocycles. The second-order valence-corrected chi connectivity index (χ2v) is 6.55. The average Bonchev–Trinajstić information content (AvgIpc) is 2.44. The first-order valence-corrected chi connectivity index (χ1v) is 7.56. The third-order valence-corrected chi connectivity index (χ3v) is 4.61. The lowest BCUT2D eigenvalue weighted by atomic mass is 9.60. The van der Waals surface area contributed by atoms with Gasteiger partial charge in [0.25, 0.3) is 5.69 Å². The van der Waals surface area contributed by atoms with E-state index in [1.807, 2.05) is 0 Å². The molecule has 128 valence electrons. The van der Waals surface area contributed by atoms with Crippen LogP contribution in [0.25, 0.3) is 0 Å². The molecule has 7 nitrogen and oxygen atoms in total. The highest BCUT2D eigenvalue weighted by atomic mass is 16.6. The van der Waals surface area contributed by atoms with Gasteiger partial charge in [-0.25, -0.2) is 0 Å². The number of rotatable bonds is 4. The Morgan fingerprint density at radius 3 is 2.42 bits per heavy atom. The monoisotopic (exact) mass is 333 g/mol. The molecule has 1 saturated carbocycles. The van der Waals surface area contributed by atoms with Gasteiger partial charge in [-0.3, -0.25) is 24.5 Å². The predicted molar refractivity (Wildman–Crippen MR) is 84.4 cm³/mol. The van der Waals surface area contributed by atoms with Crippen LogP contribution in [0.15, 0.2) is 24.3 Å². The number of Topliss-reactive ketones (excluding diaryl/α,β-unsaturated/α-hetero) is 3. The molecule has 0 amide bonds. The van der Waals surface area contributed by atoms with Crippen molar-refractivity contribution in [1.82, 2.24) is 0 Å². The highest BCUT2D eigenvalue weighted by Gasteiger charge is 2.53. The molecule has 1 aliphatic rings. The molecule has 0 radical (unpaired) electrons. The zero-order valence-electron chi connectivity index (χ0n) is 13.7. The molecule has 0 aliphatic heterocycles. The number of aliphatic hydroxyl groups is 1. The smallest absolute Gasteiger partial charge is 0.269 e. The lowest BCUT2D eigenvalue weighted by Crippen LogP contribution is -2.53. The molecule has 4 atom stereocenters. The third-order valence-electron chi connectivity index (χ3n) is 4.61. The van der Waals surface area contributed by atoms with Gasteiger partial charge < -0.3 is 5.11 Å². The Hall–Kier alpha value is -2.41. The maximum atomic E-state index is 12.4. The van der Waals surface area contributed by atoms with Crippen molar-refractivity contribution >= 4 is 23.0 Å². The van der Waals surface area contributed by atoms with Gasteiger partial charge in [0.15, 0.2) is 0 Å². The number of benzene rings is 1. The molecule has 2 rings (SSSR count). The van der Waals surface area contributed by atoms with Gasteiger partial charge >= 0.3 is 0 Å². The number of nitro benzene ring substituents is 1. The molecule has 0 unspecified atom stereocenters. The Morgan fingerprint density at radius 2 is 1.92 bits per heavy atom. The number of carbonyl (C=O) groups excluding carboxylic acids is 3. The van der Waals surface area contributed by atoms with Gasteiger partial charge in [0.05, 0.1) is 22.4 Å². The Balaban J connectivity index is 2.67. The van der Waals surface area contributed by atoms with Crippen molar-refractivity contribution < 1.29 is 24.4 Å². The largest absolute Gasteiger partial charge is 0.389 e. The Labute approximate surface area is 138 Å². The van der Waals surface area contributed by atoms with Crippen LogP contribution >= 0.6 is 0 Å². The second-order valence-electron chi connectivity index (χ2n) is 6.55. The fourth-order valence-electron chi connectivity index (χ4n) is 3.75. The first-order valence-electron chi connectivity index (χ1n) is 7.56. The molecule has 7 heteroatoms. The minimum absolute atomic E-state index is 0.199.